The van der Waals surface area contributed by atoms with E-state index in [0.29, 0.717) is 6.42 Å². The Labute approximate surface area is 139 Å². The Morgan fingerprint density at radius 3 is 2.20 bits per heavy atom. The molecule has 0 amide bonds. The van der Waals surface area contributed by atoms with Crippen molar-refractivity contribution in [3.63, 3.8) is 0 Å². The van der Waals surface area contributed by atoms with Gasteiger partial charge in [0, 0.05) is 20.9 Å². The minimum Gasteiger partial charge on any atom is -0.294 e. The SMILES string of the molecule is CCCCCCCCCCC(=O)c1cc(Br)ccc1Br. The first-order valence-electron chi connectivity index (χ1n) is 7.63. The first-order valence-corrected chi connectivity index (χ1v) is 9.22. The van der Waals surface area contributed by atoms with E-state index in [2.05, 4.69) is 38.8 Å². The third kappa shape index (κ3) is 7.03. The number of unbranched alkanes of at least 4 members (excludes halogenated alkanes) is 7. The molecule has 0 fully saturated rings. The van der Waals surface area contributed by atoms with Crippen molar-refractivity contribution in [3.8, 4) is 0 Å². The van der Waals surface area contributed by atoms with Crippen LogP contribution in [0.15, 0.2) is 27.1 Å². The molecule has 3 heteroatoms. The molecular formula is C17H24Br2O. The number of hydrogen-bond donors (Lipinski definition) is 0. The average Bonchev–Trinajstić information content (AvgIpc) is 2.44. The quantitative estimate of drug-likeness (QED) is 0.306. The number of rotatable bonds is 10. The molecule has 0 radical (unpaired) electrons. The predicted octanol–water partition coefficient (Wildman–Crippen LogP) is 6.93. The highest BCUT2D eigenvalue weighted by molar-refractivity contribution is 9.11. The molecule has 0 aromatic heterocycles. The van der Waals surface area contributed by atoms with Gasteiger partial charge in [0.25, 0.3) is 0 Å². The summed E-state index contributed by atoms with van der Waals surface area (Å²) in [7, 11) is 0. The van der Waals surface area contributed by atoms with E-state index < -0.39 is 0 Å². The van der Waals surface area contributed by atoms with Gasteiger partial charge in [0.05, 0.1) is 0 Å². The molecule has 0 bridgehead atoms. The Morgan fingerprint density at radius 1 is 0.950 bits per heavy atom. The molecule has 0 aliphatic carbocycles. The highest BCUT2D eigenvalue weighted by atomic mass is 79.9. The van der Waals surface area contributed by atoms with Crippen LogP contribution in [0, 0.1) is 0 Å². The third-order valence-corrected chi connectivity index (χ3v) is 4.67. The summed E-state index contributed by atoms with van der Waals surface area (Å²) in [6, 6.07) is 5.76. The summed E-state index contributed by atoms with van der Waals surface area (Å²) < 4.78 is 1.85. The standard InChI is InChI=1S/C17H24Br2O/c1-2-3-4-5-6-7-8-9-10-17(20)15-13-14(18)11-12-16(15)19/h11-13H,2-10H2,1H3. The predicted molar refractivity (Wildman–Crippen MR) is 93.4 cm³/mol. The van der Waals surface area contributed by atoms with Crippen LogP contribution in [0.4, 0.5) is 0 Å². The fourth-order valence-electron chi connectivity index (χ4n) is 2.27. The smallest absolute Gasteiger partial charge is 0.164 e. The first-order chi connectivity index (χ1) is 9.65. The number of halogens is 2. The topological polar surface area (TPSA) is 17.1 Å². The van der Waals surface area contributed by atoms with Crippen molar-refractivity contribution >= 4 is 37.6 Å². The minimum absolute atomic E-state index is 0.240. The molecule has 0 aliphatic heterocycles. The van der Waals surface area contributed by atoms with Gasteiger partial charge in [-0.2, -0.15) is 0 Å². The van der Waals surface area contributed by atoms with Crippen LogP contribution in [0.1, 0.15) is 75.1 Å². The number of hydrogen-bond acceptors (Lipinski definition) is 1. The highest BCUT2D eigenvalue weighted by Crippen LogP contribution is 2.23. The molecule has 0 atom stereocenters. The van der Waals surface area contributed by atoms with E-state index in [1.165, 1.54) is 44.9 Å². The van der Waals surface area contributed by atoms with E-state index in [4.69, 9.17) is 0 Å². The molecule has 0 saturated carbocycles. The van der Waals surface area contributed by atoms with Crippen LogP contribution < -0.4 is 0 Å². The van der Waals surface area contributed by atoms with Crippen LogP contribution in [0.25, 0.3) is 0 Å². The van der Waals surface area contributed by atoms with Gasteiger partial charge < -0.3 is 0 Å². The van der Waals surface area contributed by atoms with E-state index >= 15 is 0 Å². The molecule has 0 aliphatic rings. The zero-order chi connectivity index (χ0) is 14.8. The second kappa shape index (κ2) is 10.6. The van der Waals surface area contributed by atoms with E-state index in [-0.39, 0.29) is 5.78 Å². The van der Waals surface area contributed by atoms with Gasteiger partial charge in [0.1, 0.15) is 0 Å². The number of ketones is 1. The van der Waals surface area contributed by atoms with Crippen molar-refractivity contribution in [2.24, 2.45) is 0 Å². The van der Waals surface area contributed by atoms with Crippen LogP contribution in [0.2, 0.25) is 0 Å². The second-order valence-electron chi connectivity index (χ2n) is 5.27. The van der Waals surface area contributed by atoms with Crippen molar-refractivity contribution < 1.29 is 4.79 Å². The second-order valence-corrected chi connectivity index (χ2v) is 7.04. The maximum absolute atomic E-state index is 12.1. The largest absolute Gasteiger partial charge is 0.294 e. The van der Waals surface area contributed by atoms with Crippen LogP contribution in [0.5, 0.6) is 0 Å². The fourth-order valence-corrected chi connectivity index (χ4v) is 3.09. The lowest BCUT2D eigenvalue weighted by molar-refractivity contribution is 0.0978. The Morgan fingerprint density at radius 2 is 1.55 bits per heavy atom. The van der Waals surface area contributed by atoms with Gasteiger partial charge in [-0.25, -0.2) is 0 Å². The lowest BCUT2D eigenvalue weighted by atomic mass is 10.0. The molecule has 112 valence electrons. The van der Waals surface area contributed by atoms with Crippen molar-refractivity contribution in [3.05, 3.63) is 32.7 Å². The maximum Gasteiger partial charge on any atom is 0.164 e. The maximum atomic E-state index is 12.1. The Balaban J connectivity index is 2.18. The zero-order valence-electron chi connectivity index (χ0n) is 12.3. The highest BCUT2D eigenvalue weighted by Gasteiger charge is 2.10. The summed E-state index contributed by atoms with van der Waals surface area (Å²) in [5.41, 5.74) is 0.794. The van der Waals surface area contributed by atoms with E-state index in [9.17, 15) is 4.79 Å². The van der Waals surface area contributed by atoms with E-state index in [1.807, 2.05) is 18.2 Å². The summed E-state index contributed by atoms with van der Waals surface area (Å²) in [5.74, 6) is 0.240. The van der Waals surface area contributed by atoms with E-state index in [0.717, 1.165) is 20.9 Å². The average molecular weight is 404 g/mol. The number of benzene rings is 1. The van der Waals surface area contributed by atoms with Crippen molar-refractivity contribution in [1.82, 2.24) is 0 Å². The lowest BCUT2D eigenvalue weighted by Gasteiger charge is -2.05. The summed E-state index contributed by atoms with van der Waals surface area (Å²) in [6.45, 7) is 2.24. The van der Waals surface area contributed by atoms with Gasteiger partial charge in [-0.05, 0) is 24.6 Å². The number of Topliss-reactive ketones (excluding diaryl/α,β-unsaturated/α-hetero) is 1. The molecule has 1 nitrogen and oxygen atoms in total. The fraction of sp³-hybridized carbons (Fsp3) is 0.588. The van der Waals surface area contributed by atoms with Gasteiger partial charge in [0.2, 0.25) is 0 Å². The molecule has 0 saturated heterocycles. The van der Waals surface area contributed by atoms with Gasteiger partial charge in [0.15, 0.2) is 5.78 Å². The van der Waals surface area contributed by atoms with Crippen molar-refractivity contribution in [1.29, 1.82) is 0 Å². The van der Waals surface area contributed by atoms with Gasteiger partial charge in [-0.1, -0.05) is 83.7 Å². The first kappa shape index (κ1) is 17.9. The van der Waals surface area contributed by atoms with Crippen molar-refractivity contribution in [2.45, 2.75) is 64.7 Å². The Bertz CT molecular complexity index is 415. The molecule has 1 aromatic carbocycles. The molecule has 20 heavy (non-hydrogen) atoms. The van der Waals surface area contributed by atoms with Gasteiger partial charge >= 0.3 is 0 Å². The van der Waals surface area contributed by atoms with Crippen LogP contribution in [-0.4, -0.2) is 5.78 Å². The third-order valence-electron chi connectivity index (χ3n) is 3.49. The van der Waals surface area contributed by atoms with Crippen molar-refractivity contribution in [2.75, 3.05) is 0 Å². The molecule has 0 spiro atoms. The summed E-state index contributed by atoms with van der Waals surface area (Å²) in [4.78, 5) is 12.1. The van der Waals surface area contributed by atoms with Crippen LogP contribution >= 0.6 is 31.9 Å². The van der Waals surface area contributed by atoms with Crippen LogP contribution in [0.3, 0.4) is 0 Å². The Hall–Kier alpha value is -0.150. The summed E-state index contributed by atoms with van der Waals surface area (Å²) in [5, 5.41) is 0. The monoisotopic (exact) mass is 402 g/mol. The normalized spacial score (nSPS) is 10.8. The molecule has 0 unspecified atom stereocenters. The Kier molecular flexibility index (Phi) is 9.45. The van der Waals surface area contributed by atoms with Crippen LogP contribution in [-0.2, 0) is 0 Å². The zero-order valence-corrected chi connectivity index (χ0v) is 15.4. The number of carbonyl (C=O) groups excluding carboxylic acids is 1. The summed E-state index contributed by atoms with van der Waals surface area (Å²) >= 11 is 6.86. The van der Waals surface area contributed by atoms with Gasteiger partial charge in [-0.15, -0.1) is 0 Å². The lowest BCUT2D eigenvalue weighted by Crippen LogP contribution is -2.00. The molecule has 0 heterocycles. The molecule has 1 rings (SSSR count). The van der Waals surface area contributed by atoms with E-state index in [1.54, 1.807) is 0 Å². The number of carbonyl (C=O) groups is 1. The molecule has 0 N–H and O–H groups in total. The van der Waals surface area contributed by atoms with Gasteiger partial charge in [-0.3, -0.25) is 4.79 Å². The molecular weight excluding hydrogens is 380 g/mol. The summed E-state index contributed by atoms with van der Waals surface area (Å²) in [6.07, 6.45) is 10.8. The molecule has 1 aromatic rings. The minimum atomic E-state index is 0.240.